The first-order valence-electron chi connectivity index (χ1n) is 6.90. The average Bonchev–Trinajstić information content (AvgIpc) is 3.05. The highest BCUT2D eigenvalue weighted by Crippen LogP contribution is 2.32. The summed E-state index contributed by atoms with van der Waals surface area (Å²) in [7, 11) is 0. The van der Waals surface area contributed by atoms with Gasteiger partial charge < -0.3 is 9.88 Å². The van der Waals surface area contributed by atoms with Crippen LogP contribution in [0.15, 0.2) is 17.1 Å². The van der Waals surface area contributed by atoms with Crippen LogP contribution in [0.3, 0.4) is 0 Å². The predicted molar refractivity (Wildman–Crippen MR) is 80.0 cm³/mol. The Kier molecular flexibility index (Phi) is 3.12. The molecular weight excluding hydrogens is 330 g/mol. The molecule has 0 atom stereocenters. The van der Waals surface area contributed by atoms with E-state index < -0.39 is 6.55 Å². The molecule has 0 radical (unpaired) electrons. The quantitative estimate of drug-likeness (QED) is 0.748. The molecule has 0 bridgehead atoms. The summed E-state index contributed by atoms with van der Waals surface area (Å²) < 4.78 is 26.0. The molecule has 3 aromatic rings. The van der Waals surface area contributed by atoms with Crippen molar-refractivity contribution >= 4 is 28.5 Å². The summed E-state index contributed by atoms with van der Waals surface area (Å²) in [6, 6.07) is 1.84. The zero-order valence-electron chi connectivity index (χ0n) is 11.7. The SMILES string of the molecule is O=c1[nH]c2cc3c(nc2[nH]1)CCN(c1cnn(C(F)F)c1Cl)C3. The van der Waals surface area contributed by atoms with Crippen LogP contribution in [0, 0.1) is 0 Å². The number of nitrogens with zero attached hydrogens (tertiary/aromatic N) is 4. The lowest BCUT2D eigenvalue weighted by atomic mass is 10.1. The first-order chi connectivity index (χ1) is 11.0. The lowest BCUT2D eigenvalue weighted by molar-refractivity contribution is 0.0570. The van der Waals surface area contributed by atoms with Gasteiger partial charge in [-0.1, -0.05) is 11.6 Å². The minimum atomic E-state index is -2.78. The molecule has 0 fully saturated rings. The first-order valence-corrected chi connectivity index (χ1v) is 7.27. The smallest absolute Gasteiger partial charge is 0.334 e. The number of fused-ring (bicyclic) bond motifs is 2. The van der Waals surface area contributed by atoms with Gasteiger partial charge in [-0.3, -0.25) is 4.98 Å². The maximum absolute atomic E-state index is 12.8. The summed E-state index contributed by atoms with van der Waals surface area (Å²) in [4.78, 5) is 22.9. The van der Waals surface area contributed by atoms with E-state index in [1.807, 2.05) is 11.0 Å². The molecule has 0 amide bonds. The summed E-state index contributed by atoms with van der Waals surface area (Å²) in [5, 5.41) is 3.53. The van der Waals surface area contributed by atoms with Crippen LogP contribution in [0.25, 0.3) is 11.2 Å². The monoisotopic (exact) mass is 340 g/mol. The van der Waals surface area contributed by atoms with Gasteiger partial charge in [-0.05, 0) is 11.6 Å². The molecule has 2 N–H and O–H groups in total. The van der Waals surface area contributed by atoms with E-state index in [9.17, 15) is 13.6 Å². The molecule has 0 aliphatic carbocycles. The standard InChI is InChI=1S/C13H11ClF2N6O/c14-10-9(4-17-22(10)12(15)16)21-2-1-7-6(5-21)3-8-11(18-7)20-13(23)19-8/h3-4,12H,1-2,5H2,(H2,18,19,20,23). The lowest BCUT2D eigenvalue weighted by Crippen LogP contribution is -2.31. The molecule has 0 aromatic carbocycles. The normalized spacial score (nSPS) is 14.7. The van der Waals surface area contributed by atoms with Crippen molar-refractivity contribution in [2.75, 3.05) is 11.4 Å². The lowest BCUT2D eigenvalue weighted by Gasteiger charge is -2.29. The van der Waals surface area contributed by atoms with E-state index in [2.05, 4.69) is 20.1 Å². The molecule has 7 nitrogen and oxygen atoms in total. The number of alkyl halides is 2. The number of imidazole rings is 1. The van der Waals surface area contributed by atoms with E-state index in [1.165, 1.54) is 6.20 Å². The van der Waals surface area contributed by atoms with Crippen molar-refractivity contribution in [3.8, 4) is 0 Å². The minimum Gasteiger partial charge on any atom is -0.363 e. The molecule has 0 saturated carbocycles. The highest BCUT2D eigenvalue weighted by atomic mass is 35.5. The topological polar surface area (TPSA) is 82.6 Å². The van der Waals surface area contributed by atoms with Gasteiger partial charge in [-0.15, -0.1) is 0 Å². The van der Waals surface area contributed by atoms with Crippen molar-refractivity contribution in [2.45, 2.75) is 19.5 Å². The molecule has 0 unspecified atom stereocenters. The van der Waals surface area contributed by atoms with Crippen LogP contribution < -0.4 is 10.6 Å². The molecule has 1 aliphatic rings. The van der Waals surface area contributed by atoms with Crippen molar-refractivity contribution < 1.29 is 8.78 Å². The van der Waals surface area contributed by atoms with Crippen LogP contribution in [-0.4, -0.2) is 31.3 Å². The molecular formula is C13H11ClF2N6O. The molecule has 0 saturated heterocycles. The number of pyridine rings is 1. The predicted octanol–water partition coefficient (Wildman–Crippen LogP) is 2.06. The number of aromatic nitrogens is 5. The molecule has 4 heterocycles. The van der Waals surface area contributed by atoms with Crippen LogP contribution in [-0.2, 0) is 13.0 Å². The zero-order valence-corrected chi connectivity index (χ0v) is 12.4. The van der Waals surface area contributed by atoms with E-state index in [4.69, 9.17) is 11.6 Å². The largest absolute Gasteiger partial charge is 0.363 e. The Morgan fingerprint density at radius 3 is 2.91 bits per heavy atom. The number of hydrogen-bond acceptors (Lipinski definition) is 4. The Labute approximate surface area is 132 Å². The Morgan fingerprint density at radius 1 is 1.35 bits per heavy atom. The second kappa shape index (κ2) is 5.05. The molecule has 4 rings (SSSR count). The maximum Gasteiger partial charge on any atom is 0.334 e. The van der Waals surface area contributed by atoms with Crippen LogP contribution in [0.1, 0.15) is 17.8 Å². The van der Waals surface area contributed by atoms with E-state index in [1.54, 1.807) is 0 Å². The highest BCUT2D eigenvalue weighted by molar-refractivity contribution is 6.32. The summed E-state index contributed by atoms with van der Waals surface area (Å²) >= 11 is 5.99. The number of rotatable bonds is 2. The number of anilines is 1. The highest BCUT2D eigenvalue weighted by Gasteiger charge is 2.24. The molecule has 1 aliphatic heterocycles. The molecule has 0 spiro atoms. The van der Waals surface area contributed by atoms with E-state index >= 15 is 0 Å². The van der Waals surface area contributed by atoms with Gasteiger partial charge in [0.1, 0.15) is 0 Å². The number of H-pyrrole nitrogens is 2. The maximum atomic E-state index is 12.8. The summed E-state index contributed by atoms with van der Waals surface area (Å²) in [5.74, 6) is 0. The average molecular weight is 341 g/mol. The van der Waals surface area contributed by atoms with Crippen LogP contribution in [0.2, 0.25) is 5.15 Å². The fourth-order valence-electron chi connectivity index (χ4n) is 2.82. The van der Waals surface area contributed by atoms with Crippen LogP contribution in [0.4, 0.5) is 14.5 Å². The van der Waals surface area contributed by atoms with Crippen molar-refractivity contribution in [3.63, 3.8) is 0 Å². The second-order valence-electron chi connectivity index (χ2n) is 5.28. The fourth-order valence-corrected chi connectivity index (χ4v) is 3.10. The van der Waals surface area contributed by atoms with Gasteiger partial charge in [-0.2, -0.15) is 18.6 Å². The number of nitrogens with one attached hydrogen (secondary N) is 2. The number of halogens is 3. The third kappa shape index (κ3) is 2.27. The van der Waals surface area contributed by atoms with Gasteiger partial charge in [-0.25, -0.2) is 9.78 Å². The van der Waals surface area contributed by atoms with Crippen LogP contribution in [0.5, 0.6) is 0 Å². The Morgan fingerprint density at radius 2 is 2.17 bits per heavy atom. The third-order valence-electron chi connectivity index (χ3n) is 3.89. The molecule has 3 aromatic heterocycles. The van der Waals surface area contributed by atoms with Gasteiger partial charge in [0.25, 0.3) is 0 Å². The van der Waals surface area contributed by atoms with Crippen LogP contribution >= 0.6 is 11.6 Å². The molecule has 23 heavy (non-hydrogen) atoms. The number of hydrogen-bond donors (Lipinski definition) is 2. The van der Waals surface area contributed by atoms with Gasteiger partial charge in [0, 0.05) is 25.2 Å². The van der Waals surface area contributed by atoms with Gasteiger partial charge in [0.2, 0.25) is 0 Å². The van der Waals surface area contributed by atoms with Crippen molar-refractivity contribution in [3.05, 3.63) is 39.2 Å². The number of aromatic amines is 2. The zero-order chi connectivity index (χ0) is 16.1. The van der Waals surface area contributed by atoms with Crippen molar-refractivity contribution in [2.24, 2.45) is 0 Å². The minimum absolute atomic E-state index is 0.0902. The van der Waals surface area contributed by atoms with Gasteiger partial charge in [0.05, 0.1) is 17.4 Å². The Hall–Kier alpha value is -2.42. The van der Waals surface area contributed by atoms with E-state index in [0.29, 0.717) is 41.0 Å². The molecule has 120 valence electrons. The van der Waals surface area contributed by atoms with Gasteiger partial charge in [0.15, 0.2) is 10.8 Å². The van der Waals surface area contributed by atoms with Crippen molar-refractivity contribution in [1.29, 1.82) is 0 Å². The van der Waals surface area contributed by atoms with E-state index in [0.717, 1.165) is 11.3 Å². The van der Waals surface area contributed by atoms with Gasteiger partial charge >= 0.3 is 12.2 Å². The Bertz CT molecular complexity index is 946. The second-order valence-corrected chi connectivity index (χ2v) is 5.64. The summed E-state index contributed by atoms with van der Waals surface area (Å²) in [5.41, 5.74) is 3.07. The summed E-state index contributed by atoms with van der Waals surface area (Å²) in [6.07, 6.45) is 1.96. The fraction of sp³-hybridized carbons (Fsp3) is 0.308. The molecule has 10 heteroatoms. The van der Waals surface area contributed by atoms with Crippen molar-refractivity contribution in [1.82, 2.24) is 24.7 Å². The first kappa shape index (κ1) is 14.2. The summed E-state index contributed by atoms with van der Waals surface area (Å²) in [6.45, 7) is -1.74. The third-order valence-corrected chi connectivity index (χ3v) is 4.26. The van der Waals surface area contributed by atoms with E-state index in [-0.39, 0.29) is 10.8 Å². The Balaban J connectivity index is 1.70.